The maximum absolute atomic E-state index is 6.27. The molecule has 0 aliphatic carbocycles. The molecule has 102 valence electrons. The second-order valence-electron chi connectivity index (χ2n) is 5.11. The predicted molar refractivity (Wildman–Crippen MR) is 79.5 cm³/mol. The normalized spacial score (nSPS) is 11.2. The Bertz CT molecular complexity index is 546. The van der Waals surface area contributed by atoms with Crippen LogP contribution in [0, 0.1) is 6.92 Å². The van der Waals surface area contributed by atoms with Gasteiger partial charge in [0.2, 0.25) is 0 Å². The summed E-state index contributed by atoms with van der Waals surface area (Å²) in [5.74, 6) is 0. The van der Waals surface area contributed by atoms with E-state index < -0.39 is 0 Å². The molecule has 0 unspecified atom stereocenters. The van der Waals surface area contributed by atoms with Crippen LogP contribution >= 0.6 is 11.6 Å². The van der Waals surface area contributed by atoms with Crippen LogP contribution in [0.5, 0.6) is 0 Å². The quantitative estimate of drug-likeness (QED) is 0.908. The zero-order chi connectivity index (χ0) is 13.8. The fourth-order valence-corrected chi connectivity index (χ4v) is 2.20. The number of halogens is 1. The van der Waals surface area contributed by atoms with E-state index in [4.69, 9.17) is 11.6 Å². The van der Waals surface area contributed by atoms with E-state index in [0.29, 0.717) is 12.6 Å². The van der Waals surface area contributed by atoms with Crippen molar-refractivity contribution in [1.82, 2.24) is 15.1 Å². The van der Waals surface area contributed by atoms with Gasteiger partial charge in [-0.15, -0.1) is 0 Å². The molecule has 4 heteroatoms. The first-order valence-electron chi connectivity index (χ1n) is 6.55. The van der Waals surface area contributed by atoms with Gasteiger partial charge in [-0.2, -0.15) is 5.10 Å². The lowest BCUT2D eigenvalue weighted by Gasteiger charge is -2.12. The maximum Gasteiger partial charge on any atom is 0.0677 e. The summed E-state index contributed by atoms with van der Waals surface area (Å²) < 4.78 is 1.99. The van der Waals surface area contributed by atoms with Gasteiger partial charge >= 0.3 is 0 Å². The van der Waals surface area contributed by atoms with E-state index in [1.54, 1.807) is 0 Å². The van der Waals surface area contributed by atoms with Crippen LogP contribution in [-0.4, -0.2) is 15.8 Å². The fraction of sp³-hybridized carbons (Fsp3) is 0.400. The van der Waals surface area contributed by atoms with Gasteiger partial charge < -0.3 is 5.32 Å². The summed E-state index contributed by atoms with van der Waals surface area (Å²) in [5, 5.41) is 8.58. The largest absolute Gasteiger partial charge is 0.309 e. The molecular weight excluding hydrogens is 258 g/mol. The van der Waals surface area contributed by atoms with Gasteiger partial charge in [0.15, 0.2) is 0 Å². The molecule has 0 saturated heterocycles. The fourth-order valence-electron chi connectivity index (χ4n) is 1.90. The molecule has 2 aromatic rings. The van der Waals surface area contributed by atoms with Gasteiger partial charge in [0.25, 0.3) is 0 Å². The number of hydrogen-bond donors (Lipinski definition) is 1. The minimum absolute atomic E-state index is 0.464. The van der Waals surface area contributed by atoms with Crippen LogP contribution < -0.4 is 5.32 Å². The predicted octanol–water partition coefficient (Wildman–Crippen LogP) is 3.39. The first-order chi connectivity index (χ1) is 9.06. The molecule has 1 aromatic carbocycles. The molecular formula is C15H20ClN3. The van der Waals surface area contributed by atoms with Crippen molar-refractivity contribution < 1.29 is 0 Å². The standard InChI is InChI=1S/C15H20ClN3/c1-11(2)17-9-14-6-7-18-19(14)10-13-5-4-12(3)8-15(13)16/h4-8,11,17H,9-10H2,1-3H3. The van der Waals surface area contributed by atoms with Crippen LogP contribution in [0.3, 0.4) is 0 Å². The van der Waals surface area contributed by atoms with E-state index in [1.165, 1.54) is 11.3 Å². The topological polar surface area (TPSA) is 29.9 Å². The maximum atomic E-state index is 6.27. The molecule has 1 N–H and O–H groups in total. The number of nitrogens with one attached hydrogen (secondary N) is 1. The zero-order valence-corrected chi connectivity index (χ0v) is 12.4. The molecule has 2 rings (SSSR count). The Morgan fingerprint density at radius 3 is 2.79 bits per heavy atom. The lowest BCUT2D eigenvalue weighted by atomic mass is 10.1. The van der Waals surface area contributed by atoms with Gasteiger partial charge in [0.05, 0.1) is 12.2 Å². The van der Waals surface area contributed by atoms with E-state index >= 15 is 0 Å². The lowest BCUT2D eigenvalue weighted by Crippen LogP contribution is -2.23. The van der Waals surface area contributed by atoms with Gasteiger partial charge in [0.1, 0.15) is 0 Å². The van der Waals surface area contributed by atoms with Crippen LogP contribution in [-0.2, 0) is 13.1 Å². The van der Waals surface area contributed by atoms with Crippen LogP contribution in [0.2, 0.25) is 5.02 Å². The van der Waals surface area contributed by atoms with Gasteiger partial charge in [-0.3, -0.25) is 4.68 Å². The van der Waals surface area contributed by atoms with Crippen molar-refractivity contribution in [3.8, 4) is 0 Å². The molecule has 0 spiro atoms. The first kappa shape index (κ1) is 14.1. The third kappa shape index (κ3) is 3.82. The SMILES string of the molecule is Cc1ccc(Cn2nccc2CNC(C)C)c(Cl)c1. The Labute approximate surface area is 119 Å². The summed E-state index contributed by atoms with van der Waals surface area (Å²) >= 11 is 6.27. The van der Waals surface area contributed by atoms with E-state index in [1.807, 2.05) is 29.9 Å². The van der Waals surface area contributed by atoms with Gasteiger partial charge in [-0.25, -0.2) is 0 Å². The summed E-state index contributed by atoms with van der Waals surface area (Å²) in [5.41, 5.74) is 3.45. The molecule has 1 aromatic heterocycles. The van der Waals surface area contributed by atoms with Crippen LogP contribution in [0.1, 0.15) is 30.7 Å². The Hall–Kier alpha value is -1.32. The second kappa shape index (κ2) is 6.22. The highest BCUT2D eigenvalue weighted by molar-refractivity contribution is 6.31. The summed E-state index contributed by atoms with van der Waals surface area (Å²) in [6.45, 7) is 7.85. The van der Waals surface area contributed by atoms with Crippen LogP contribution in [0.25, 0.3) is 0 Å². The van der Waals surface area contributed by atoms with E-state index in [0.717, 1.165) is 17.1 Å². The van der Waals surface area contributed by atoms with Crippen molar-refractivity contribution in [2.45, 2.75) is 39.9 Å². The molecule has 0 fully saturated rings. The highest BCUT2D eigenvalue weighted by Crippen LogP contribution is 2.19. The number of nitrogens with zero attached hydrogens (tertiary/aromatic N) is 2. The first-order valence-corrected chi connectivity index (χ1v) is 6.93. The Balaban J connectivity index is 2.12. The Morgan fingerprint density at radius 2 is 2.11 bits per heavy atom. The average molecular weight is 278 g/mol. The van der Waals surface area contributed by atoms with Crippen molar-refractivity contribution >= 4 is 11.6 Å². The summed E-state index contributed by atoms with van der Waals surface area (Å²) in [6, 6.07) is 8.64. The third-order valence-corrected chi connectivity index (χ3v) is 3.38. The van der Waals surface area contributed by atoms with Gasteiger partial charge in [-0.05, 0) is 30.2 Å². The molecule has 0 amide bonds. The number of aromatic nitrogens is 2. The van der Waals surface area contributed by atoms with Gasteiger partial charge in [0, 0.05) is 23.8 Å². The molecule has 0 radical (unpaired) electrons. The minimum atomic E-state index is 0.464. The van der Waals surface area contributed by atoms with E-state index in [2.05, 4.69) is 36.4 Å². The monoisotopic (exact) mass is 277 g/mol. The molecule has 19 heavy (non-hydrogen) atoms. The molecule has 0 aliphatic heterocycles. The van der Waals surface area contributed by atoms with Crippen molar-refractivity contribution in [3.05, 3.63) is 52.3 Å². The van der Waals surface area contributed by atoms with Crippen molar-refractivity contribution in [1.29, 1.82) is 0 Å². The van der Waals surface area contributed by atoms with Crippen molar-refractivity contribution in [2.24, 2.45) is 0 Å². The summed E-state index contributed by atoms with van der Waals surface area (Å²) in [7, 11) is 0. The van der Waals surface area contributed by atoms with E-state index in [-0.39, 0.29) is 0 Å². The summed E-state index contributed by atoms with van der Waals surface area (Å²) in [6.07, 6.45) is 1.83. The van der Waals surface area contributed by atoms with Gasteiger partial charge in [-0.1, -0.05) is 37.6 Å². The lowest BCUT2D eigenvalue weighted by molar-refractivity contribution is 0.547. The summed E-state index contributed by atoms with van der Waals surface area (Å²) in [4.78, 5) is 0. The highest BCUT2D eigenvalue weighted by Gasteiger charge is 2.06. The van der Waals surface area contributed by atoms with Crippen molar-refractivity contribution in [3.63, 3.8) is 0 Å². The molecule has 0 atom stereocenters. The van der Waals surface area contributed by atoms with Crippen LogP contribution in [0.15, 0.2) is 30.5 Å². The number of benzene rings is 1. The third-order valence-electron chi connectivity index (χ3n) is 3.02. The number of rotatable bonds is 5. The second-order valence-corrected chi connectivity index (χ2v) is 5.52. The van der Waals surface area contributed by atoms with E-state index in [9.17, 15) is 0 Å². The molecule has 3 nitrogen and oxygen atoms in total. The smallest absolute Gasteiger partial charge is 0.0677 e. The highest BCUT2D eigenvalue weighted by atomic mass is 35.5. The number of aryl methyl sites for hydroxylation is 1. The van der Waals surface area contributed by atoms with Crippen LogP contribution in [0.4, 0.5) is 0 Å². The Kier molecular flexibility index (Phi) is 4.61. The average Bonchev–Trinajstić information content (AvgIpc) is 2.77. The number of hydrogen-bond acceptors (Lipinski definition) is 2. The minimum Gasteiger partial charge on any atom is -0.309 e. The molecule has 0 aliphatic rings. The van der Waals surface area contributed by atoms with Crippen molar-refractivity contribution in [2.75, 3.05) is 0 Å². The Morgan fingerprint density at radius 1 is 1.32 bits per heavy atom. The molecule has 0 saturated carbocycles. The molecule has 1 heterocycles. The molecule has 0 bridgehead atoms. The zero-order valence-electron chi connectivity index (χ0n) is 11.7.